The second-order valence-corrected chi connectivity index (χ2v) is 11.5. The summed E-state index contributed by atoms with van der Waals surface area (Å²) >= 11 is 0. The zero-order valence-corrected chi connectivity index (χ0v) is 25.8. The third-order valence-electron chi connectivity index (χ3n) is 7.78. The van der Waals surface area contributed by atoms with Gasteiger partial charge in [0.05, 0.1) is 11.8 Å². The van der Waals surface area contributed by atoms with Crippen LogP contribution >= 0.6 is 0 Å². The molecule has 0 saturated carbocycles. The Hall–Kier alpha value is -3.47. The van der Waals surface area contributed by atoms with Gasteiger partial charge in [-0.25, -0.2) is 10.2 Å². The Bertz CT molecular complexity index is 1270. The second-order valence-electron chi connectivity index (χ2n) is 11.5. The number of hydrogen-bond acceptors (Lipinski definition) is 4. The highest BCUT2D eigenvalue weighted by atomic mass is 16.5. The van der Waals surface area contributed by atoms with Gasteiger partial charge < -0.3 is 4.74 Å². The molecule has 5 heteroatoms. The molecule has 1 N–H and O–H groups in total. The number of esters is 1. The van der Waals surface area contributed by atoms with E-state index in [1.165, 1.54) is 83.5 Å². The zero-order chi connectivity index (χ0) is 29.8. The van der Waals surface area contributed by atoms with Crippen LogP contribution in [-0.2, 0) is 4.79 Å². The molecule has 0 aromatic heterocycles. The minimum absolute atomic E-state index is 0.0977. The maximum atomic E-state index is 12.8. The van der Waals surface area contributed by atoms with Crippen LogP contribution in [0.2, 0.25) is 0 Å². The quantitative estimate of drug-likeness (QED) is 0.0483. The van der Waals surface area contributed by atoms with Gasteiger partial charge in [-0.1, -0.05) is 145 Å². The number of nitrogens with one attached hydrogen (secondary N) is 1. The van der Waals surface area contributed by atoms with E-state index in [0.717, 1.165) is 29.2 Å². The van der Waals surface area contributed by atoms with Crippen LogP contribution in [0.1, 0.15) is 131 Å². The number of unbranched alkanes of at least 4 members (excludes halogenated alkanes) is 14. The van der Waals surface area contributed by atoms with Crippen molar-refractivity contribution < 1.29 is 14.3 Å². The zero-order valence-electron chi connectivity index (χ0n) is 25.8. The van der Waals surface area contributed by atoms with E-state index in [-0.39, 0.29) is 5.91 Å². The van der Waals surface area contributed by atoms with Crippen LogP contribution in [0, 0.1) is 6.92 Å². The Labute approximate surface area is 253 Å². The van der Waals surface area contributed by atoms with E-state index in [2.05, 4.69) is 17.5 Å². The molecule has 0 aliphatic heterocycles. The smallest absolute Gasteiger partial charge is 0.343 e. The van der Waals surface area contributed by atoms with Crippen molar-refractivity contribution in [1.82, 2.24) is 5.43 Å². The maximum Gasteiger partial charge on any atom is 0.343 e. The van der Waals surface area contributed by atoms with Crippen LogP contribution in [0.5, 0.6) is 5.75 Å². The SMILES string of the molecule is CCCCCCCCCCCCCCCCCC(=O)NN=Cc1c(OC(=O)c2cccc(C)c2)ccc2ccccc12. The van der Waals surface area contributed by atoms with Crippen LogP contribution in [0.15, 0.2) is 65.8 Å². The van der Waals surface area contributed by atoms with Crippen molar-refractivity contribution in [3.05, 3.63) is 77.4 Å². The van der Waals surface area contributed by atoms with Crippen LogP contribution in [0.4, 0.5) is 0 Å². The minimum Gasteiger partial charge on any atom is -0.422 e. The number of rotatable bonds is 20. The molecule has 0 radical (unpaired) electrons. The number of hydrazone groups is 1. The van der Waals surface area contributed by atoms with Gasteiger partial charge in [0.1, 0.15) is 5.75 Å². The predicted molar refractivity (Wildman–Crippen MR) is 175 cm³/mol. The average molecular weight is 571 g/mol. The van der Waals surface area contributed by atoms with E-state index in [0.29, 0.717) is 23.3 Å². The molecule has 5 nitrogen and oxygen atoms in total. The van der Waals surface area contributed by atoms with Gasteiger partial charge >= 0.3 is 5.97 Å². The van der Waals surface area contributed by atoms with Gasteiger partial charge in [0.2, 0.25) is 5.91 Å². The van der Waals surface area contributed by atoms with Crippen molar-refractivity contribution in [2.24, 2.45) is 5.10 Å². The van der Waals surface area contributed by atoms with Crippen molar-refractivity contribution in [2.45, 2.75) is 117 Å². The summed E-state index contributed by atoms with van der Waals surface area (Å²) in [4.78, 5) is 25.2. The standard InChI is InChI=1S/C37H50N2O3/c1-3-4-5-6-7-8-9-10-11-12-13-14-15-16-17-25-36(40)39-38-29-34-33-24-19-18-22-31(33)26-27-35(34)42-37(41)32-23-20-21-30(2)28-32/h18-24,26-29H,3-17,25H2,1-2H3,(H,39,40). The Morgan fingerprint density at radius 2 is 1.36 bits per heavy atom. The Morgan fingerprint density at radius 1 is 0.738 bits per heavy atom. The van der Waals surface area contributed by atoms with Crippen molar-refractivity contribution >= 4 is 28.9 Å². The molecule has 0 aliphatic carbocycles. The fourth-order valence-electron chi connectivity index (χ4n) is 5.31. The second kappa shape index (κ2) is 19.6. The number of ether oxygens (including phenoxy) is 1. The third kappa shape index (κ3) is 12.2. The number of hydrogen-bond donors (Lipinski definition) is 1. The Balaban J connectivity index is 1.35. The van der Waals surface area contributed by atoms with Gasteiger partial charge in [0.15, 0.2) is 0 Å². The van der Waals surface area contributed by atoms with Gasteiger partial charge in [-0.05, 0) is 42.3 Å². The Kier molecular flexibility index (Phi) is 15.4. The molecule has 3 aromatic carbocycles. The lowest BCUT2D eigenvalue weighted by atomic mass is 10.0. The molecule has 3 aromatic rings. The molecule has 3 rings (SSSR count). The fraction of sp³-hybridized carbons (Fsp3) is 0.486. The molecule has 0 fully saturated rings. The van der Waals surface area contributed by atoms with Gasteiger partial charge in [-0.2, -0.15) is 5.10 Å². The van der Waals surface area contributed by atoms with Crippen molar-refractivity contribution in [3.63, 3.8) is 0 Å². The molecule has 0 aliphatic rings. The number of carbonyl (C=O) groups is 2. The summed E-state index contributed by atoms with van der Waals surface area (Å²) in [5.41, 5.74) is 4.79. The molecule has 0 bridgehead atoms. The van der Waals surface area contributed by atoms with Gasteiger partial charge in [0.25, 0.3) is 0 Å². The van der Waals surface area contributed by atoms with Crippen LogP contribution in [-0.4, -0.2) is 18.1 Å². The van der Waals surface area contributed by atoms with E-state index in [1.807, 2.05) is 49.4 Å². The van der Waals surface area contributed by atoms with E-state index < -0.39 is 5.97 Å². The molecule has 1 amide bonds. The van der Waals surface area contributed by atoms with Gasteiger partial charge in [-0.15, -0.1) is 0 Å². The first-order valence-corrected chi connectivity index (χ1v) is 16.2. The molecule has 226 valence electrons. The Morgan fingerprint density at radius 3 is 2.00 bits per heavy atom. The number of fused-ring (bicyclic) bond motifs is 1. The normalized spacial score (nSPS) is 11.3. The highest BCUT2D eigenvalue weighted by molar-refractivity contribution is 6.04. The van der Waals surface area contributed by atoms with Crippen LogP contribution < -0.4 is 10.2 Å². The lowest BCUT2D eigenvalue weighted by Crippen LogP contribution is -2.17. The van der Waals surface area contributed by atoms with Crippen molar-refractivity contribution in [2.75, 3.05) is 0 Å². The van der Waals surface area contributed by atoms with E-state index in [4.69, 9.17) is 4.74 Å². The highest BCUT2D eigenvalue weighted by Crippen LogP contribution is 2.27. The fourth-order valence-corrected chi connectivity index (χ4v) is 5.31. The minimum atomic E-state index is -0.430. The molecular weight excluding hydrogens is 520 g/mol. The van der Waals surface area contributed by atoms with Gasteiger partial charge in [-0.3, -0.25) is 4.79 Å². The maximum absolute atomic E-state index is 12.8. The number of aryl methyl sites for hydroxylation is 1. The summed E-state index contributed by atoms with van der Waals surface area (Å²) in [5.74, 6) is -0.124. The first-order valence-electron chi connectivity index (χ1n) is 16.2. The third-order valence-corrected chi connectivity index (χ3v) is 7.78. The molecule has 0 unspecified atom stereocenters. The van der Waals surface area contributed by atoms with E-state index >= 15 is 0 Å². The summed E-state index contributed by atoms with van der Waals surface area (Å²) < 4.78 is 5.77. The highest BCUT2D eigenvalue weighted by Gasteiger charge is 2.14. The van der Waals surface area contributed by atoms with Crippen LogP contribution in [0.3, 0.4) is 0 Å². The number of amides is 1. The summed E-state index contributed by atoms with van der Waals surface area (Å²) in [5, 5.41) is 6.11. The molecule has 0 heterocycles. The molecular formula is C37H50N2O3. The molecule has 0 atom stereocenters. The summed E-state index contributed by atoms with van der Waals surface area (Å²) in [6, 6.07) is 18.8. The number of nitrogens with zero attached hydrogens (tertiary/aromatic N) is 1. The summed E-state index contributed by atoms with van der Waals surface area (Å²) in [6.45, 7) is 4.21. The topological polar surface area (TPSA) is 67.8 Å². The predicted octanol–water partition coefficient (Wildman–Crippen LogP) is 10.1. The lowest BCUT2D eigenvalue weighted by Gasteiger charge is -2.11. The van der Waals surface area contributed by atoms with E-state index in [1.54, 1.807) is 24.4 Å². The monoisotopic (exact) mass is 570 g/mol. The number of carbonyl (C=O) groups excluding carboxylic acids is 2. The molecule has 42 heavy (non-hydrogen) atoms. The summed E-state index contributed by atoms with van der Waals surface area (Å²) in [6.07, 6.45) is 21.5. The lowest BCUT2D eigenvalue weighted by molar-refractivity contribution is -0.121. The molecule has 0 saturated heterocycles. The van der Waals surface area contributed by atoms with Crippen molar-refractivity contribution in [1.29, 1.82) is 0 Å². The van der Waals surface area contributed by atoms with Gasteiger partial charge in [0, 0.05) is 12.0 Å². The average Bonchev–Trinajstić information content (AvgIpc) is 3.00. The first kappa shape index (κ1) is 33.0. The number of benzene rings is 3. The summed E-state index contributed by atoms with van der Waals surface area (Å²) in [7, 11) is 0. The van der Waals surface area contributed by atoms with Crippen molar-refractivity contribution in [3.8, 4) is 5.75 Å². The van der Waals surface area contributed by atoms with Crippen LogP contribution in [0.25, 0.3) is 10.8 Å². The molecule has 0 spiro atoms. The largest absolute Gasteiger partial charge is 0.422 e. The van der Waals surface area contributed by atoms with E-state index in [9.17, 15) is 9.59 Å². The first-order chi connectivity index (χ1) is 20.6.